The average Bonchev–Trinajstić information content (AvgIpc) is 2.72. The zero-order chi connectivity index (χ0) is 12.4. The minimum atomic E-state index is -0.378. The number of rotatable bonds is 3. The summed E-state index contributed by atoms with van der Waals surface area (Å²) in [7, 11) is 1.85. The van der Waals surface area contributed by atoms with E-state index in [9.17, 15) is 4.39 Å². The lowest BCUT2D eigenvalue weighted by molar-refractivity contribution is 0.617. The van der Waals surface area contributed by atoms with Gasteiger partial charge in [0.25, 0.3) is 0 Å². The van der Waals surface area contributed by atoms with Gasteiger partial charge in [-0.15, -0.1) is 11.3 Å². The summed E-state index contributed by atoms with van der Waals surface area (Å²) in [4.78, 5) is 1.23. The lowest BCUT2D eigenvalue weighted by atomic mass is 10.0. The Morgan fingerprint density at radius 1 is 1.41 bits per heavy atom. The first-order chi connectivity index (χ1) is 8.13. The van der Waals surface area contributed by atoms with Crippen molar-refractivity contribution < 1.29 is 4.39 Å². The summed E-state index contributed by atoms with van der Waals surface area (Å²) in [6, 6.07) is 6.92. The first-order valence-corrected chi connectivity index (χ1v) is 6.55. The molecule has 4 heteroatoms. The van der Waals surface area contributed by atoms with Crippen molar-refractivity contribution in [3.63, 3.8) is 0 Å². The minimum Gasteiger partial charge on any atom is -0.309 e. The van der Waals surface area contributed by atoms with Crippen LogP contribution in [0.1, 0.15) is 22.0 Å². The number of benzene rings is 1. The minimum absolute atomic E-state index is 0.0665. The van der Waals surface area contributed by atoms with E-state index >= 15 is 0 Å². The maximum absolute atomic E-state index is 13.4. The molecule has 0 saturated heterocycles. The number of aryl methyl sites for hydroxylation is 1. The molecule has 0 fully saturated rings. The van der Waals surface area contributed by atoms with Gasteiger partial charge in [-0.1, -0.05) is 23.7 Å². The summed E-state index contributed by atoms with van der Waals surface area (Å²) >= 11 is 7.69. The lowest BCUT2D eigenvalue weighted by Crippen LogP contribution is -2.17. The van der Waals surface area contributed by atoms with Crippen LogP contribution >= 0.6 is 22.9 Å². The van der Waals surface area contributed by atoms with Crippen molar-refractivity contribution in [1.82, 2.24) is 5.32 Å². The molecule has 1 unspecified atom stereocenters. The van der Waals surface area contributed by atoms with Crippen LogP contribution in [0.2, 0.25) is 5.02 Å². The van der Waals surface area contributed by atoms with E-state index in [1.165, 1.54) is 10.9 Å². The molecule has 1 aromatic carbocycles. The third kappa shape index (κ3) is 2.51. The van der Waals surface area contributed by atoms with Gasteiger partial charge in [0, 0.05) is 4.88 Å². The maximum Gasteiger partial charge on any atom is 0.142 e. The predicted molar refractivity (Wildman–Crippen MR) is 71.4 cm³/mol. The molecule has 0 aliphatic rings. The fourth-order valence-electron chi connectivity index (χ4n) is 1.86. The van der Waals surface area contributed by atoms with Crippen molar-refractivity contribution in [2.45, 2.75) is 13.0 Å². The van der Waals surface area contributed by atoms with Crippen LogP contribution in [0.3, 0.4) is 0 Å². The Morgan fingerprint density at radius 2 is 2.18 bits per heavy atom. The van der Waals surface area contributed by atoms with Crippen LogP contribution in [0.4, 0.5) is 4.39 Å². The lowest BCUT2D eigenvalue weighted by Gasteiger charge is -2.17. The van der Waals surface area contributed by atoms with Gasteiger partial charge in [-0.3, -0.25) is 0 Å². The number of hydrogen-bond donors (Lipinski definition) is 1. The molecule has 0 aliphatic heterocycles. The van der Waals surface area contributed by atoms with E-state index < -0.39 is 0 Å². The van der Waals surface area contributed by atoms with E-state index in [1.807, 2.05) is 20.0 Å². The zero-order valence-corrected chi connectivity index (χ0v) is 11.2. The van der Waals surface area contributed by atoms with Crippen molar-refractivity contribution in [2.75, 3.05) is 7.05 Å². The molecule has 0 bridgehead atoms. The van der Waals surface area contributed by atoms with E-state index in [2.05, 4.69) is 16.8 Å². The Bertz CT molecular complexity index is 524. The summed E-state index contributed by atoms with van der Waals surface area (Å²) in [6.07, 6.45) is 0. The molecule has 1 heterocycles. The normalized spacial score (nSPS) is 12.7. The van der Waals surface area contributed by atoms with E-state index in [0.29, 0.717) is 0 Å². The van der Waals surface area contributed by atoms with Gasteiger partial charge in [0.15, 0.2) is 0 Å². The van der Waals surface area contributed by atoms with Crippen LogP contribution in [-0.4, -0.2) is 7.05 Å². The van der Waals surface area contributed by atoms with E-state index in [1.54, 1.807) is 17.4 Å². The quantitative estimate of drug-likeness (QED) is 0.882. The summed E-state index contributed by atoms with van der Waals surface area (Å²) in [5.41, 5.74) is 1.88. The van der Waals surface area contributed by atoms with Crippen LogP contribution in [0.5, 0.6) is 0 Å². The first-order valence-electron chi connectivity index (χ1n) is 5.29. The topological polar surface area (TPSA) is 12.0 Å². The molecule has 0 saturated carbocycles. The number of hydrogen-bond acceptors (Lipinski definition) is 2. The summed E-state index contributed by atoms with van der Waals surface area (Å²) in [5, 5.41) is 5.43. The molecule has 2 rings (SSSR count). The molecule has 2 aromatic rings. The van der Waals surface area contributed by atoms with Gasteiger partial charge < -0.3 is 5.32 Å². The fourth-order valence-corrected chi connectivity index (χ4v) is 2.83. The third-order valence-electron chi connectivity index (χ3n) is 2.67. The number of halogens is 2. The molecule has 0 aliphatic carbocycles. The Hall–Kier alpha value is -0.900. The molecule has 1 N–H and O–H groups in total. The molecular weight excluding hydrogens is 257 g/mol. The highest BCUT2D eigenvalue weighted by Crippen LogP contribution is 2.31. The van der Waals surface area contributed by atoms with E-state index in [0.717, 1.165) is 11.1 Å². The summed E-state index contributed by atoms with van der Waals surface area (Å²) in [5.74, 6) is -0.378. The van der Waals surface area contributed by atoms with Gasteiger partial charge in [-0.05, 0) is 42.6 Å². The molecule has 1 nitrogen and oxygen atoms in total. The number of thiophene rings is 1. The Labute approximate surface area is 109 Å². The van der Waals surface area contributed by atoms with Crippen LogP contribution in [0.15, 0.2) is 29.6 Å². The Kier molecular flexibility index (Phi) is 3.82. The van der Waals surface area contributed by atoms with Gasteiger partial charge >= 0.3 is 0 Å². The molecule has 0 radical (unpaired) electrons. The molecular formula is C13H13ClFNS. The van der Waals surface area contributed by atoms with Crippen LogP contribution in [0.25, 0.3) is 0 Å². The van der Waals surface area contributed by atoms with Crippen molar-refractivity contribution in [1.29, 1.82) is 0 Å². The van der Waals surface area contributed by atoms with Crippen LogP contribution in [0, 0.1) is 12.7 Å². The smallest absolute Gasteiger partial charge is 0.142 e. The summed E-state index contributed by atoms with van der Waals surface area (Å²) < 4.78 is 13.4. The highest BCUT2D eigenvalue weighted by atomic mass is 35.5. The monoisotopic (exact) mass is 269 g/mol. The summed E-state index contributed by atoms with van der Waals surface area (Å²) in [6.45, 7) is 2.05. The Balaban J connectivity index is 2.45. The average molecular weight is 270 g/mol. The van der Waals surface area contributed by atoms with Crippen molar-refractivity contribution in [3.8, 4) is 0 Å². The fraction of sp³-hybridized carbons (Fsp3) is 0.231. The second-order valence-corrected chi connectivity index (χ2v) is 5.35. The van der Waals surface area contributed by atoms with Gasteiger partial charge in [-0.2, -0.15) is 0 Å². The van der Waals surface area contributed by atoms with Gasteiger partial charge in [-0.25, -0.2) is 4.39 Å². The highest BCUT2D eigenvalue weighted by molar-refractivity contribution is 7.10. The second-order valence-electron chi connectivity index (χ2n) is 3.86. The van der Waals surface area contributed by atoms with E-state index in [-0.39, 0.29) is 16.9 Å². The van der Waals surface area contributed by atoms with E-state index in [4.69, 9.17) is 11.6 Å². The molecule has 17 heavy (non-hydrogen) atoms. The van der Waals surface area contributed by atoms with Crippen LogP contribution in [-0.2, 0) is 0 Å². The van der Waals surface area contributed by atoms with Crippen molar-refractivity contribution in [3.05, 3.63) is 56.5 Å². The van der Waals surface area contributed by atoms with Gasteiger partial charge in [0.2, 0.25) is 0 Å². The Morgan fingerprint density at radius 3 is 2.76 bits per heavy atom. The van der Waals surface area contributed by atoms with Gasteiger partial charge in [0.1, 0.15) is 5.82 Å². The SMILES string of the molecule is CNC(c1csc(C)c1)c1cccc(F)c1Cl. The van der Waals surface area contributed by atoms with Gasteiger partial charge in [0.05, 0.1) is 11.1 Å². The molecule has 1 aromatic heterocycles. The first kappa shape index (κ1) is 12.6. The largest absolute Gasteiger partial charge is 0.309 e. The highest BCUT2D eigenvalue weighted by Gasteiger charge is 2.17. The predicted octanol–water partition coefficient (Wildman–Crippen LogP) is 4.16. The maximum atomic E-state index is 13.4. The van der Waals surface area contributed by atoms with Crippen LogP contribution < -0.4 is 5.32 Å². The van der Waals surface area contributed by atoms with Crippen molar-refractivity contribution >= 4 is 22.9 Å². The molecule has 0 amide bonds. The molecule has 0 spiro atoms. The zero-order valence-electron chi connectivity index (χ0n) is 9.63. The standard InChI is InChI=1S/C13H13ClFNS/c1-8-6-9(7-17-8)13(16-2)10-4-3-5-11(15)12(10)14/h3-7,13,16H,1-2H3. The molecule has 1 atom stereocenters. The van der Waals surface area contributed by atoms with Crippen molar-refractivity contribution in [2.24, 2.45) is 0 Å². The number of nitrogens with one attached hydrogen (secondary N) is 1. The second kappa shape index (κ2) is 5.17. The molecule has 90 valence electrons. The third-order valence-corrected chi connectivity index (χ3v) is 3.94.